The van der Waals surface area contributed by atoms with Crippen molar-refractivity contribution >= 4 is 12.0 Å². The molecule has 20 heavy (non-hydrogen) atoms. The van der Waals surface area contributed by atoms with E-state index in [1.807, 2.05) is 4.90 Å². The van der Waals surface area contributed by atoms with E-state index < -0.39 is 5.97 Å². The highest BCUT2D eigenvalue weighted by Gasteiger charge is 2.38. The standard InChI is InChI=1S/C15H28N2O3/c1-10(2)6-16(7-11(3)4)15(20)17-8-13(9-17)12(5)14(18)19/h10-13H,6-9H2,1-5H3,(H,18,19). The van der Waals surface area contributed by atoms with Crippen molar-refractivity contribution in [1.29, 1.82) is 0 Å². The Morgan fingerprint density at radius 1 is 1.10 bits per heavy atom. The summed E-state index contributed by atoms with van der Waals surface area (Å²) in [6, 6.07) is 0.0567. The molecule has 1 heterocycles. The predicted octanol–water partition coefficient (Wildman–Crippen LogP) is 2.37. The van der Waals surface area contributed by atoms with Crippen molar-refractivity contribution in [3.8, 4) is 0 Å². The molecule has 0 aromatic carbocycles. The van der Waals surface area contributed by atoms with Crippen LogP contribution in [-0.4, -0.2) is 53.1 Å². The van der Waals surface area contributed by atoms with E-state index in [-0.39, 0.29) is 17.9 Å². The van der Waals surface area contributed by atoms with Gasteiger partial charge in [-0.05, 0) is 11.8 Å². The monoisotopic (exact) mass is 284 g/mol. The molecule has 1 rings (SSSR count). The lowest BCUT2D eigenvalue weighted by molar-refractivity contribution is -0.144. The van der Waals surface area contributed by atoms with Gasteiger partial charge in [-0.25, -0.2) is 4.79 Å². The molecular weight excluding hydrogens is 256 g/mol. The van der Waals surface area contributed by atoms with Gasteiger partial charge in [-0.1, -0.05) is 34.6 Å². The molecule has 2 amide bonds. The molecule has 1 aliphatic heterocycles. The maximum Gasteiger partial charge on any atom is 0.320 e. The van der Waals surface area contributed by atoms with E-state index in [0.29, 0.717) is 24.9 Å². The normalized spacial score (nSPS) is 17.2. The summed E-state index contributed by atoms with van der Waals surface area (Å²) in [7, 11) is 0. The molecule has 1 fully saturated rings. The van der Waals surface area contributed by atoms with Gasteiger partial charge in [0.25, 0.3) is 0 Å². The number of hydrogen-bond acceptors (Lipinski definition) is 2. The molecule has 0 aliphatic carbocycles. The van der Waals surface area contributed by atoms with Gasteiger partial charge in [-0.3, -0.25) is 4.79 Å². The molecule has 0 saturated carbocycles. The van der Waals surface area contributed by atoms with Crippen molar-refractivity contribution in [3.63, 3.8) is 0 Å². The largest absolute Gasteiger partial charge is 0.481 e. The topological polar surface area (TPSA) is 60.9 Å². The molecule has 5 nitrogen and oxygen atoms in total. The van der Waals surface area contributed by atoms with Crippen molar-refractivity contribution in [2.75, 3.05) is 26.2 Å². The highest BCUT2D eigenvalue weighted by atomic mass is 16.4. The molecule has 116 valence electrons. The van der Waals surface area contributed by atoms with Crippen LogP contribution in [0.25, 0.3) is 0 Å². The maximum atomic E-state index is 12.4. The van der Waals surface area contributed by atoms with Gasteiger partial charge < -0.3 is 14.9 Å². The number of carbonyl (C=O) groups is 2. The van der Waals surface area contributed by atoms with E-state index in [1.54, 1.807) is 11.8 Å². The molecule has 1 atom stereocenters. The molecule has 1 saturated heterocycles. The van der Waals surface area contributed by atoms with Crippen LogP contribution in [-0.2, 0) is 4.79 Å². The third kappa shape index (κ3) is 4.39. The minimum atomic E-state index is -0.775. The SMILES string of the molecule is CC(C)CN(CC(C)C)C(=O)N1CC(C(C)C(=O)O)C1. The van der Waals surface area contributed by atoms with Crippen LogP contribution in [0.5, 0.6) is 0 Å². The van der Waals surface area contributed by atoms with Crippen LogP contribution in [0.2, 0.25) is 0 Å². The van der Waals surface area contributed by atoms with Gasteiger partial charge in [-0.2, -0.15) is 0 Å². The summed E-state index contributed by atoms with van der Waals surface area (Å²) < 4.78 is 0. The van der Waals surface area contributed by atoms with Crippen molar-refractivity contribution in [2.24, 2.45) is 23.7 Å². The van der Waals surface area contributed by atoms with Gasteiger partial charge in [0.1, 0.15) is 0 Å². The van der Waals surface area contributed by atoms with Crippen LogP contribution in [0.3, 0.4) is 0 Å². The Hall–Kier alpha value is -1.26. The van der Waals surface area contributed by atoms with Crippen LogP contribution in [0.4, 0.5) is 4.79 Å². The van der Waals surface area contributed by atoms with Gasteiger partial charge in [0.15, 0.2) is 0 Å². The Morgan fingerprint density at radius 2 is 1.55 bits per heavy atom. The fourth-order valence-corrected chi connectivity index (χ4v) is 2.50. The molecule has 5 heteroatoms. The zero-order valence-corrected chi connectivity index (χ0v) is 13.3. The number of likely N-dealkylation sites (tertiary alicyclic amines) is 1. The van der Waals surface area contributed by atoms with E-state index in [0.717, 1.165) is 13.1 Å². The minimum Gasteiger partial charge on any atom is -0.481 e. The van der Waals surface area contributed by atoms with Gasteiger partial charge >= 0.3 is 12.0 Å². The highest BCUT2D eigenvalue weighted by Crippen LogP contribution is 2.25. The van der Waals surface area contributed by atoms with E-state index in [1.165, 1.54) is 0 Å². The molecular formula is C15H28N2O3. The first kappa shape index (κ1) is 16.8. The Bertz CT molecular complexity index is 339. The van der Waals surface area contributed by atoms with Crippen LogP contribution >= 0.6 is 0 Å². The average Bonchev–Trinajstić information content (AvgIpc) is 2.24. The van der Waals surface area contributed by atoms with E-state index in [9.17, 15) is 9.59 Å². The Kier molecular flexibility index (Phi) is 5.84. The first-order valence-electron chi connectivity index (χ1n) is 7.49. The summed E-state index contributed by atoms with van der Waals surface area (Å²) >= 11 is 0. The van der Waals surface area contributed by atoms with Crippen LogP contribution in [0.1, 0.15) is 34.6 Å². The fraction of sp³-hybridized carbons (Fsp3) is 0.867. The summed E-state index contributed by atoms with van der Waals surface area (Å²) in [6.07, 6.45) is 0. The first-order chi connectivity index (χ1) is 9.22. The summed E-state index contributed by atoms with van der Waals surface area (Å²) in [5.74, 6) is -0.178. The number of carbonyl (C=O) groups excluding carboxylic acids is 1. The summed E-state index contributed by atoms with van der Waals surface area (Å²) in [5, 5.41) is 8.98. The van der Waals surface area contributed by atoms with E-state index in [4.69, 9.17) is 5.11 Å². The molecule has 1 aliphatic rings. The Balaban J connectivity index is 2.53. The number of hydrogen-bond donors (Lipinski definition) is 1. The molecule has 0 spiro atoms. The van der Waals surface area contributed by atoms with Crippen molar-refractivity contribution < 1.29 is 14.7 Å². The molecule has 1 N–H and O–H groups in total. The zero-order chi connectivity index (χ0) is 15.4. The number of rotatable bonds is 6. The molecule has 1 unspecified atom stereocenters. The number of amides is 2. The third-order valence-electron chi connectivity index (χ3n) is 3.72. The second-order valence-corrected chi connectivity index (χ2v) is 6.77. The van der Waals surface area contributed by atoms with Crippen LogP contribution < -0.4 is 0 Å². The molecule has 0 aromatic heterocycles. The molecule has 0 radical (unpaired) electrons. The first-order valence-corrected chi connectivity index (χ1v) is 7.49. The second kappa shape index (κ2) is 6.95. The maximum absolute atomic E-state index is 12.4. The van der Waals surface area contributed by atoms with Crippen LogP contribution in [0, 0.1) is 23.7 Å². The van der Waals surface area contributed by atoms with Crippen molar-refractivity contribution in [1.82, 2.24) is 9.80 Å². The van der Waals surface area contributed by atoms with Gasteiger partial charge in [0.05, 0.1) is 5.92 Å². The summed E-state index contributed by atoms with van der Waals surface area (Å²) in [4.78, 5) is 27.0. The lowest BCUT2D eigenvalue weighted by atomic mass is 9.87. The molecule has 0 bridgehead atoms. The lowest BCUT2D eigenvalue weighted by Crippen LogP contribution is -2.58. The molecule has 0 aromatic rings. The number of carboxylic acid groups (broad SMARTS) is 1. The van der Waals surface area contributed by atoms with Gasteiger partial charge in [-0.15, -0.1) is 0 Å². The van der Waals surface area contributed by atoms with Gasteiger partial charge in [0.2, 0.25) is 0 Å². The number of carboxylic acids is 1. The Morgan fingerprint density at radius 3 is 1.90 bits per heavy atom. The second-order valence-electron chi connectivity index (χ2n) is 6.77. The van der Waals surface area contributed by atoms with E-state index in [2.05, 4.69) is 27.7 Å². The zero-order valence-electron chi connectivity index (χ0n) is 13.3. The predicted molar refractivity (Wildman–Crippen MR) is 78.5 cm³/mol. The number of urea groups is 1. The van der Waals surface area contributed by atoms with E-state index >= 15 is 0 Å². The number of aliphatic carboxylic acids is 1. The lowest BCUT2D eigenvalue weighted by Gasteiger charge is -2.44. The van der Waals surface area contributed by atoms with Crippen molar-refractivity contribution in [2.45, 2.75) is 34.6 Å². The van der Waals surface area contributed by atoms with Crippen molar-refractivity contribution in [3.05, 3.63) is 0 Å². The summed E-state index contributed by atoms with van der Waals surface area (Å²) in [5.41, 5.74) is 0. The smallest absolute Gasteiger partial charge is 0.320 e. The van der Waals surface area contributed by atoms with Crippen LogP contribution in [0.15, 0.2) is 0 Å². The highest BCUT2D eigenvalue weighted by molar-refractivity contribution is 5.76. The summed E-state index contributed by atoms with van der Waals surface area (Å²) in [6.45, 7) is 12.8. The number of nitrogens with zero attached hydrogens (tertiary/aromatic N) is 2. The average molecular weight is 284 g/mol. The minimum absolute atomic E-state index is 0.0567. The van der Waals surface area contributed by atoms with Gasteiger partial charge in [0, 0.05) is 32.1 Å². The third-order valence-corrected chi connectivity index (χ3v) is 3.72. The Labute approximate surface area is 121 Å². The quantitative estimate of drug-likeness (QED) is 0.814. The fourth-order valence-electron chi connectivity index (χ4n) is 2.50.